The van der Waals surface area contributed by atoms with Gasteiger partial charge in [-0.25, -0.2) is 0 Å². The first-order valence-electron chi connectivity index (χ1n) is 11.5. The molecule has 4 heteroatoms. The van der Waals surface area contributed by atoms with Crippen molar-refractivity contribution in [2.45, 2.75) is 32.5 Å². The van der Waals surface area contributed by atoms with E-state index in [1.54, 1.807) is 0 Å². The Kier molecular flexibility index (Phi) is 15.2. The van der Waals surface area contributed by atoms with Crippen LogP contribution in [0.1, 0.15) is 19.4 Å². The maximum atomic E-state index is 3.70. The Morgan fingerprint density at radius 2 is 1.00 bits per heavy atom. The third-order valence-corrected chi connectivity index (χ3v) is 7.08. The van der Waals surface area contributed by atoms with Crippen molar-refractivity contribution in [3.8, 4) is 0 Å². The maximum absolute atomic E-state index is 3.70. The van der Waals surface area contributed by atoms with Crippen LogP contribution >= 0.6 is 15.9 Å². The van der Waals surface area contributed by atoms with Crippen molar-refractivity contribution < 1.29 is 34.1 Å². The third-order valence-electron chi connectivity index (χ3n) is 6.31. The van der Waals surface area contributed by atoms with Crippen LogP contribution in [0.2, 0.25) is 0 Å². The summed E-state index contributed by atoms with van der Waals surface area (Å²) >= 11 is 3.70. The van der Waals surface area contributed by atoms with E-state index in [0.29, 0.717) is 12.1 Å². The molecule has 0 unspecified atom stereocenters. The van der Waals surface area contributed by atoms with Gasteiger partial charge in [-0.1, -0.05) is 34.1 Å². The molecule has 1 heterocycles. The minimum absolute atomic E-state index is 0. The molecular formula is C31H30BrFe2N+4. The van der Waals surface area contributed by atoms with Gasteiger partial charge in [0.1, 0.15) is 0 Å². The molecule has 0 spiro atoms. The standard InChI is InChI=1S/C21H20BrN.2C5H5.2Fe/c1-14-17-8-5-10-19(17)20-11-6-9-18(20)15(2)23(14)13-16-7-3-4-12-21(16)22;2*1-2-4-5-3-1;;/h3-12,14-15H,13H2,1-2H3;2*1-5H;;/q;;;2*+2/t14-,15-;;;;/m1..../s1. The van der Waals surface area contributed by atoms with Crippen molar-refractivity contribution in [2.24, 2.45) is 0 Å². The van der Waals surface area contributed by atoms with E-state index in [1.165, 1.54) is 33.7 Å². The van der Waals surface area contributed by atoms with Gasteiger partial charge in [0.05, 0.1) is 0 Å². The SMILES string of the molecule is C[C@@H]1[C]2[CH][CH][CH][C]2[C]2[CH][CH][CH][C]2[C@@H](C)N1Cc1ccccc1Br.[CH]1[CH][CH][CH][CH]1.[CH]1[CH][CH][CH][CH]1.[Fe+2].[Fe+2]. The molecule has 0 N–H and O–H groups in total. The number of hydrogen-bond donors (Lipinski definition) is 0. The molecule has 2 atom stereocenters. The van der Waals surface area contributed by atoms with Crippen LogP contribution in [0, 0.1) is 126 Å². The molecule has 1 saturated heterocycles. The van der Waals surface area contributed by atoms with Gasteiger partial charge in [0.2, 0.25) is 0 Å². The smallest absolute Gasteiger partial charge is 0.292 e. The van der Waals surface area contributed by atoms with Gasteiger partial charge < -0.3 is 0 Å². The Bertz CT molecular complexity index is 654. The molecule has 1 aromatic rings. The predicted octanol–water partition coefficient (Wildman–Crippen LogP) is 6.63. The van der Waals surface area contributed by atoms with E-state index in [0.717, 1.165) is 6.54 Å². The number of likely N-dealkylation sites (tertiary alicyclic amines) is 1. The normalized spacial score (nSPS) is 27.4. The van der Waals surface area contributed by atoms with Gasteiger partial charge in [-0.2, -0.15) is 0 Å². The van der Waals surface area contributed by atoms with Gasteiger partial charge in [-0.05, 0) is 140 Å². The Morgan fingerprint density at radius 3 is 1.40 bits per heavy atom. The first kappa shape index (κ1) is 31.9. The number of fused-ring (bicyclic) bond motifs is 3. The second-order valence-corrected chi connectivity index (χ2v) is 9.18. The van der Waals surface area contributed by atoms with Crippen molar-refractivity contribution >= 4 is 15.9 Å². The summed E-state index contributed by atoms with van der Waals surface area (Å²) in [5, 5.41) is 0. The number of nitrogens with zero attached hydrogens (tertiary/aromatic N) is 1. The van der Waals surface area contributed by atoms with Crippen LogP contribution in [0.5, 0.6) is 0 Å². The second kappa shape index (κ2) is 16.6. The zero-order chi connectivity index (χ0) is 23.0. The fourth-order valence-corrected chi connectivity index (χ4v) is 4.93. The van der Waals surface area contributed by atoms with Crippen LogP contribution in [0.15, 0.2) is 28.7 Å². The molecule has 5 aliphatic rings. The van der Waals surface area contributed by atoms with Crippen molar-refractivity contribution in [3.05, 3.63) is 161 Å². The first-order valence-corrected chi connectivity index (χ1v) is 12.3. The molecule has 0 bridgehead atoms. The van der Waals surface area contributed by atoms with E-state index in [1.807, 2.05) is 64.2 Å². The monoisotopic (exact) mass is 607 g/mol. The number of benzene rings is 1. The van der Waals surface area contributed by atoms with E-state index in [4.69, 9.17) is 0 Å². The summed E-state index contributed by atoms with van der Waals surface area (Å²) in [6.45, 7) is 5.61. The molecule has 35 heavy (non-hydrogen) atoms. The third kappa shape index (κ3) is 8.60. The Labute approximate surface area is 246 Å². The predicted molar refractivity (Wildman–Crippen MR) is 140 cm³/mol. The molecule has 4 saturated carbocycles. The zero-order valence-electron chi connectivity index (χ0n) is 19.9. The van der Waals surface area contributed by atoms with Gasteiger partial charge in [0.15, 0.2) is 0 Å². The van der Waals surface area contributed by atoms with E-state index < -0.39 is 0 Å². The average Bonchev–Trinajstić information content (AvgIpc) is 3.66. The Balaban J connectivity index is 0.000000300. The fourth-order valence-electron chi connectivity index (χ4n) is 4.52. The van der Waals surface area contributed by atoms with Crippen LogP contribution in [-0.2, 0) is 40.7 Å². The van der Waals surface area contributed by atoms with Crippen LogP contribution in [0.4, 0.5) is 0 Å². The molecule has 20 radical (unpaired) electrons. The van der Waals surface area contributed by atoms with Crippen LogP contribution in [0.25, 0.3) is 0 Å². The van der Waals surface area contributed by atoms with Gasteiger partial charge >= 0.3 is 34.1 Å². The fraction of sp³-hybridized carbons (Fsp3) is 0.161. The van der Waals surface area contributed by atoms with Crippen molar-refractivity contribution in [1.29, 1.82) is 0 Å². The molecule has 0 amide bonds. The molecule has 5 fully saturated rings. The Hall–Kier alpha value is 0.699. The summed E-state index contributed by atoms with van der Waals surface area (Å²) in [5.41, 5.74) is 1.34. The van der Waals surface area contributed by atoms with E-state index in [9.17, 15) is 0 Å². The van der Waals surface area contributed by atoms with Gasteiger partial charge in [0.25, 0.3) is 0 Å². The summed E-state index contributed by atoms with van der Waals surface area (Å²) < 4.78 is 1.19. The molecule has 1 nitrogen and oxygen atoms in total. The molecular weight excluding hydrogens is 578 g/mol. The summed E-state index contributed by atoms with van der Waals surface area (Å²) in [6, 6.07) is 9.34. The zero-order valence-corrected chi connectivity index (χ0v) is 23.7. The van der Waals surface area contributed by atoms with E-state index in [-0.39, 0.29) is 34.1 Å². The van der Waals surface area contributed by atoms with E-state index in [2.05, 4.69) is 97.5 Å². The topological polar surface area (TPSA) is 3.24 Å². The minimum Gasteiger partial charge on any atom is -0.292 e. The maximum Gasteiger partial charge on any atom is 2.00 e. The number of hydrogen-bond acceptors (Lipinski definition) is 1. The number of halogens is 1. The quantitative estimate of drug-likeness (QED) is 0.341. The Morgan fingerprint density at radius 1 is 0.600 bits per heavy atom. The largest absolute Gasteiger partial charge is 2.00 e. The summed E-state index contributed by atoms with van der Waals surface area (Å²) in [7, 11) is 0. The van der Waals surface area contributed by atoms with Gasteiger partial charge in [-0.15, -0.1) is 0 Å². The second-order valence-electron chi connectivity index (χ2n) is 8.33. The minimum atomic E-state index is 0. The molecule has 1 aliphatic heterocycles. The molecule has 4 aliphatic carbocycles. The summed E-state index contributed by atoms with van der Waals surface area (Å²) in [6.07, 6.45) is 33.5. The van der Waals surface area contributed by atoms with Gasteiger partial charge in [-0.3, -0.25) is 4.90 Å². The van der Waals surface area contributed by atoms with Crippen molar-refractivity contribution in [3.63, 3.8) is 0 Å². The van der Waals surface area contributed by atoms with Gasteiger partial charge in [0, 0.05) is 34.9 Å². The van der Waals surface area contributed by atoms with Crippen LogP contribution in [-0.4, -0.2) is 17.0 Å². The van der Waals surface area contributed by atoms with Crippen LogP contribution in [0.3, 0.4) is 0 Å². The van der Waals surface area contributed by atoms with Crippen LogP contribution < -0.4 is 0 Å². The van der Waals surface area contributed by atoms with E-state index >= 15 is 0 Å². The first-order chi connectivity index (χ1) is 16.2. The molecule has 0 aromatic heterocycles. The molecule has 178 valence electrons. The molecule has 6 rings (SSSR count). The number of rotatable bonds is 2. The summed E-state index contributed by atoms with van der Waals surface area (Å²) in [4.78, 5) is 2.60. The molecule has 1 aromatic carbocycles. The van der Waals surface area contributed by atoms with Crippen molar-refractivity contribution in [1.82, 2.24) is 4.90 Å². The summed E-state index contributed by atoms with van der Waals surface area (Å²) in [5.74, 6) is 5.68. The van der Waals surface area contributed by atoms with Crippen molar-refractivity contribution in [2.75, 3.05) is 0 Å². The average molecular weight is 608 g/mol.